The molecule has 7 heteroatoms. The number of furan rings is 1. The third-order valence-electron chi connectivity index (χ3n) is 3.55. The Morgan fingerprint density at radius 3 is 2.65 bits per heavy atom. The van der Waals surface area contributed by atoms with Crippen molar-refractivity contribution in [3.8, 4) is 0 Å². The number of nitrogens with zero attached hydrogens (tertiary/aromatic N) is 1. The molecule has 0 aliphatic carbocycles. The van der Waals surface area contributed by atoms with E-state index in [0.29, 0.717) is 31.0 Å². The number of hydrogen-bond acceptors (Lipinski definition) is 2. The monoisotopic (exact) mass is 475 g/mol. The van der Waals surface area contributed by atoms with Crippen LogP contribution in [-0.2, 0) is 6.42 Å². The van der Waals surface area contributed by atoms with Gasteiger partial charge in [0.1, 0.15) is 5.76 Å². The van der Waals surface area contributed by atoms with Crippen LogP contribution in [0.25, 0.3) is 0 Å². The van der Waals surface area contributed by atoms with Crippen molar-refractivity contribution in [2.24, 2.45) is 4.99 Å². The van der Waals surface area contributed by atoms with Crippen LogP contribution in [-0.4, -0.2) is 19.0 Å². The summed E-state index contributed by atoms with van der Waals surface area (Å²) in [7, 11) is 0. The number of hydrogen-bond donors (Lipinski definition) is 2. The van der Waals surface area contributed by atoms with Gasteiger partial charge in [0, 0.05) is 13.0 Å². The SMILES string of the molecule is C=C(C)CN=C(NCCc1ccco1)NC(C)c1ccc(F)c(F)c1.I. The fourth-order valence-electron chi connectivity index (χ4n) is 2.20. The lowest BCUT2D eigenvalue weighted by Gasteiger charge is -2.19. The summed E-state index contributed by atoms with van der Waals surface area (Å²) in [6.45, 7) is 8.69. The number of nitrogens with one attached hydrogen (secondary N) is 2. The molecule has 1 heterocycles. The number of benzene rings is 1. The van der Waals surface area contributed by atoms with E-state index in [-0.39, 0.29) is 30.0 Å². The predicted molar refractivity (Wildman–Crippen MR) is 111 cm³/mol. The Morgan fingerprint density at radius 2 is 2.04 bits per heavy atom. The van der Waals surface area contributed by atoms with Gasteiger partial charge in [0.2, 0.25) is 0 Å². The molecular formula is C19H24F2IN3O. The first-order chi connectivity index (χ1) is 12.0. The van der Waals surface area contributed by atoms with Crippen LogP contribution < -0.4 is 10.6 Å². The molecule has 1 aromatic carbocycles. The Morgan fingerprint density at radius 1 is 1.27 bits per heavy atom. The minimum absolute atomic E-state index is 0. The average molecular weight is 475 g/mol. The predicted octanol–water partition coefficient (Wildman–Crippen LogP) is 4.59. The second-order valence-electron chi connectivity index (χ2n) is 5.92. The highest BCUT2D eigenvalue weighted by Gasteiger charge is 2.11. The molecule has 0 bridgehead atoms. The molecule has 0 aliphatic heterocycles. The van der Waals surface area contributed by atoms with Crippen molar-refractivity contribution in [3.05, 3.63) is 71.7 Å². The van der Waals surface area contributed by atoms with E-state index in [1.165, 1.54) is 6.07 Å². The highest BCUT2D eigenvalue weighted by Crippen LogP contribution is 2.15. The number of rotatable bonds is 7. The topological polar surface area (TPSA) is 49.6 Å². The zero-order chi connectivity index (χ0) is 18.2. The van der Waals surface area contributed by atoms with E-state index in [9.17, 15) is 8.78 Å². The van der Waals surface area contributed by atoms with Gasteiger partial charge in [-0.15, -0.1) is 24.0 Å². The van der Waals surface area contributed by atoms with Gasteiger partial charge in [-0.3, -0.25) is 0 Å². The van der Waals surface area contributed by atoms with Crippen molar-refractivity contribution >= 4 is 29.9 Å². The van der Waals surface area contributed by atoms with Gasteiger partial charge >= 0.3 is 0 Å². The second kappa shape index (κ2) is 10.9. The van der Waals surface area contributed by atoms with Crippen molar-refractivity contribution in [1.82, 2.24) is 10.6 Å². The molecule has 0 amide bonds. The molecule has 2 rings (SSSR count). The van der Waals surface area contributed by atoms with Crippen molar-refractivity contribution in [2.45, 2.75) is 26.3 Å². The molecule has 2 N–H and O–H groups in total. The molecule has 0 radical (unpaired) electrons. The van der Waals surface area contributed by atoms with Crippen LogP contribution in [0.2, 0.25) is 0 Å². The Bertz CT molecular complexity index is 732. The molecule has 0 fully saturated rings. The summed E-state index contributed by atoms with van der Waals surface area (Å²) < 4.78 is 31.8. The zero-order valence-electron chi connectivity index (χ0n) is 14.9. The molecule has 2 aromatic rings. The second-order valence-corrected chi connectivity index (χ2v) is 5.92. The summed E-state index contributed by atoms with van der Waals surface area (Å²) in [6.07, 6.45) is 2.34. The highest BCUT2D eigenvalue weighted by molar-refractivity contribution is 14.0. The van der Waals surface area contributed by atoms with Crippen molar-refractivity contribution in [3.63, 3.8) is 0 Å². The Hall–Kier alpha value is -1.90. The first-order valence-corrected chi connectivity index (χ1v) is 8.12. The minimum atomic E-state index is -0.864. The summed E-state index contributed by atoms with van der Waals surface area (Å²) in [4.78, 5) is 4.44. The van der Waals surface area contributed by atoms with Crippen molar-refractivity contribution in [2.75, 3.05) is 13.1 Å². The number of halogens is 3. The molecule has 1 atom stereocenters. The van der Waals surface area contributed by atoms with E-state index < -0.39 is 11.6 Å². The number of guanidine groups is 1. The fraction of sp³-hybridized carbons (Fsp3) is 0.316. The average Bonchev–Trinajstić information content (AvgIpc) is 3.08. The molecule has 0 saturated carbocycles. The van der Waals surface area contributed by atoms with E-state index in [0.717, 1.165) is 17.4 Å². The maximum atomic E-state index is 13.4. The zero-order valence-corrected chi connectivity index (χ0v) is 17.2. The van der Waals surface area contributed by atoms with Crippen molar-refractivity contribution in [1.29, 1.82) is 0 Å². The largest absolute Gasteiger partial charge is 0.469 e. The summed E-state index contributed by atoms with van der Waals surface area (Å²) >= 11 is 0. The quantitative estimate of drug-likeness (QED) is 0.267. The summed E-state index contributed by atoms with van der Waals surface area (Å²) in [5.74, 6) is -0.270. The van der Waals surface area contributed by atoms with Gasteiger partial charge in [0.15, 0.2) is 17.6 Å². The van der Waals surface area contributed by atoms with Crippen LogP contribution in [0.4, 0.5) is 8.78 Å². The maximum absolute atomic E-state index is 13.4. The van der Waals surface area contributed by atoms with E-state index in [2.05, 4.69) is 22.2 Å². The van der Waals surface area contributed by atoms with Crippen LogP contribution in [0.15, 0.2) is 58.2 Å². The molecule has 0 spiro atoms. The third kappa shape index (κ3) is 7.15. The maximum Gasteiger partial charge on any atom is 0.192 e. The molecule has 1 unspecified atom stereocenters. The van der Waals surface area contributed by atoms with Crippen LogP contribution in [0.1, 0.15) is 31.2 Å². The van der Waals surface area contributed by atoms with E-state index >= 15 is 0 Å². The van der Waals surface area contributed by atoms with Gasteiger partial charge in [-0.2, -0.15) is 0 Å². The molecule has 0 aliphatic rings. The summed E-state index contributed by atoms with van der Waals surface area (Å²) in [5, 5.41) is 6.40. The lowest BCUT2D eigenvalue weighted by molar-refractivity contribution is 0.503. The van der Waals surface area contributed by atoms with Gasteiger partial charge in [0.25, 0.3) is 0 Å². The smallest absolute Gasteiger partial charge is 0.192 e. The fourth-order valence-corrected chi connectivity index (χ4v) is 2.20. The molecular weight excluding hydrogens is 451 g/mol. The highest BCUT2D eigenvalue weighted by atomic mass is 127. The summed E-state index contributed by atoms with van der Waals surface area (Å²) in [5.41, 5.74) is 1.56. The van der Waals surface area contributed by atoms with Gasteiger partial charge in [-0.1, -0.05) is 18.2 Å². The molecule has 142 valence electrons. The lowest BCUT2D eigenvalue weighted by atomic mass is 10.1. The van der Waals surface area contributed by atoms with E-state index in [4.69, 9.17) is 4.42 Å². The Balaban J connectivity index is 0.00000338. The van der Waals surface area contributed by atoms with E-state index in [1.54, 1.807) is 12.3 Å². The van der Waals surface area contributed by atoms with Gasteiger partial charge < -0.3 is 15.1 Å². The lowest BCUT2D eigenvalue weighted by Crippen LogP contribution is -2.40. The van der Waals surface area contributed by atoms with Gasteiger partial charge in [-0.05, 0) is 43.7 Å². The Labute approximate surface area is 169 Å². The molecule has 1 aromatic heterocycles. The van der Waals surface area contributed by atoms with Crippen LogP contribution in [0.3, 0.4) is 0 Å². The number of aliphatic imine (C=N–C) groups is 1. The first kappa shape index (κ1) is 22.1. The van der Waals surface area contributed by atoms with Crippen molar-refractivity contribution < 1.29 is 13.2 Å². The van der Waals surface area contributed by atoms with Crippen LogP contribution >= 0.6 is 24.0 Å². The van der Waals surface area contributed by atoms with E-state index in [1.807, 2.05) is 26.0 Å². The normalized spacial score (nSPS) is 12.2. The molecule has 4 nitrogen and oxygen atoms in total. The molecule has 0 saturated heterocycles. The standard InChI is InChI=1S/C19H23F2N3O.HI/c1-13(2)12-23-19(22-9-8-16-5-4-10-25-16)24-14(3)15-6-7-17(20)18(21)11-15;/h4-7,10-11,14H,1,8-9,12H2,2-3H3,(H2,22,23,24);1H. The third-order valence-corrected chi connectivity index (χ3v) is 3.55. The van der Waals surface area contributed by atoms with Crippen LogP contribution in [0, 0.1) is 11.6 Å². The van der Waals surface area contributed by atoms with Gasteiger partial charge in [-0.25, -0.2) is 13.8 Å². The Kier molecular flexibility index (Phi) is 9.32. The van der Waals surface area contributed by atoms with Gasteiger partial charge in [0.05, 0.1) is 18.8 Å². The first-order valence-electron chi connectivity index (χ1n) is 8.12. The van der Waals surface area contributed by atoms with Crippen LogP contribution in [0.5, 0.6) is 0 Å². The minimum Gasteiger partial charge on any atom is -0.469 e. The molecule has 26 heavy (non-hydrogen) atoms. The summed E-state index contributed by atoms with van der Waals surface area (Å²) in [6, 6.07) is 7.37.